The molecule has 0 heterocycles. The van der Waals surface area contributed by atoms with Crippen LogP contribution in [0.5, 0.6) is 0 Å². The predicted molar refractivity (Wildman–Crippen MR) is 91.2 cm³/mol. The number of rotatable bonds is 13. The van der Waals surface area contributed by atoms with Gasteiger partial charge in [0.25, 0.3) is 0 Å². The first-order valence-corrected chi connectivity index (χ1v) is 8.65. The van der Waals surface area contributed by atoms with Crippen LogP contribution in [-0.2, 0) is 9.59 Å². The van der Waals surface area contributed by atoms with E-state index in [9.17, 15) is 9.59 Å². The van der Waals surface area contributed by atoms with Gasteiger partial charge in [-0.15, -0.1) is 0 Å². The van der Waals surface area contributed by atoms with Crippen molar-refractivity contribution < 1.29 is 19.8 Å². The number of hydrogen-bond donors (Lipinski definition) is 2. The molecule has 0 radical (unpaired) electrons. The third-order valence-corrected chi connectivity index (χ3v) is 3.23. The number of unbranched alkanes of at least 4 members (excludes halogenated alkanes) is 9. The maximum absolute atomic E-state index is 10.0. The molecule has 4 heteroatoms. The van der Waals surface area contributed by atoms with Crippen LogP contribution in [0.15, 0.2) is 12.2 Å². The topological polar surface area (TPSA) is 74.6 Å². The summed E-state index contributed by atoms with van der Waals surface area (Å²) in [5, 5.41) is 16.5. The first-order valence-electron chi connectivity index (χ1n) is 8.65. The highest BCUT2D eigenvalue weighted by molar-refractivity contribution is 5.79. The van der Waals surface area contributed by atoms with Crippen LogP contribution in [0, 0.1) is 0 Å². The normalized spacial score (nSPS) is 10.3. The zero-order chi connectivity index (χ0) is 17.1. The Bertz CT molecular complexity index is 285. The van der Waals surface area contributed by atoms with Gasteiger partial charge in [-0.2, -0.15) is 0 Å². The summed E-state index contributed by atoms with van der Waals surface area (Å²) in [5.41, 5.74) is 0. The van der Waals surface area contributed by atoms with Crippen molar-refractivity contribution in [3.8, 4) is 0 Å². The van der Waals surface area contributed by atoms with E-state index >= 15 is 0 Å². The number of allylic oxidation sites excluding steroid dienone is 1. The lowest BCUT2D eigenvalue weighted by Crippen LogP contribution is -1.93. The summed E-state index contributed by atoms with van der Waals surface area (Å²) in [5.74, 6) is -1.51. The maximum atomic E-state index is 10.0. The molecule has 0 saturated carbocycles. The zero-order valence-electron chi connectivity index (χ0n) is 14.4. The van der Waals surface area contributed by atoms with Crippen LogP contribution >= 0.6 is 0 Å². The van der Waals surface area contributed by atoms with E-state index < -0.39 is 11.9 Å². The van der Waals surface area contributed by atoms with Gasteiger partial charge in [-0.25, -0.2) is 4.79 Å². The minimum atomic E-state index is -0.844. The molecule has 0 unspecified atom stereocenters. The van der Waals surface area contributed by atoms with Crippen molar-refractivity contribution in [3.63, 3.8) is 0 Å². The predicted octanol–water partition coefficient (Wildman–Crippen LogP) is 5.42. The highest BCUT2D eigenvalue weighted by Crippen LogP contribution is 2.05. The largest absolute Gasteiger partial charge is 0.481 e. The summed E-state index contributed by atoms with van der Waals surface area (Å²) in [6.45, 7) is 4.33. The van der Waals surface area contributed by atoms with E-state index in [0.29, 0.717) is 6.42 Å². The first-order chi connectivity index (χ1) is 10.5. The average Bonchev–Trinajstić information content (AvgIpc) is 2.46. The minimum Gasteiger partial charge on any atom is -0.481 e. The first kappa shape index (κ1) is 23.0. The summed E-state index contributed by atoms with van der Waals surface area (Å²) in [7, 11) is 0. The van der Waals surface area contributed by atoms with Gasteiger partial charge < -0.3 is 10.2 Å². The molecule has 0 atom stereocenters. The lowest BCUT2D eigenvalue weighted by Gasteiger charge is -1.95. The molecule has 0 aliphatic carbocycles. The van der Waals surface area contributed by atoms with Crippen LogP contribution in [-0.4, -0.2) is 22.2 Å². The van der Waals surface area contributed by atoms with Crippen molar-refractivity contribution in [3.05, 3.63) is 12.2 Å². The van der Waals surface area contributed by atoms with Crippen molar-refractivity contribution in [1.82, 2.24) is 0 Å². The Morgan fingerprint density at radius 1 is 0.773 bits per heavy atom. The molecule has 0 spiro atoms. The van der Waals surface area contributed by atoms with Gasteiger partial charge in [0.1, 0.15) is 0 Å². The molecule has 0 aromatic rings. The van der Waals surface area contributed by atoms with Crippen molar-refractivity contribution in [2.75, 3.05) is 0 Å². The molecule has 0 aliphatic heterocycles. The number of aliphatic carboxylic acids is 2. The van der Waals surface area contributed by atoms with Gasteiger partial charge in [0.15, 0.2) is 0 Å². The van der Waals surface area contributed by atoms with Gasteiger partial charge in [-0.3, -0.25) is 4.79 Å². The number of carboxylic acid groups (broad SMARTS) is 2. The van der Waals surface area contributed by atoms with E-state index in [1.807, 2.05) is 0 Å². The van der Waals surface area contributed by atoms with Crippen molar-refractivity contribution in [2.45, 2.75) is 90.9 Å². The van der Waals surface area contributed by atoms with Crippen molar-refractivity contribution in [1.29, 1.82) is 0 Å². The molecule has 0 aromatic carbocycles. The molecule has 130 valence electrons. The molecule has 0 aromatic heterocycles. The molecule has 0 amide bonds. The Morgan fingerprint density at radius 2 is 1.27 bits per heavy atom. The van der Waals surface area contributed by atoms with E-state index in [1.165, 1.54) is 51.0 Å². The molecule has 2 N–H and O–H groups in total. The maximum Gasteiger partial charge on any atom is 0.327 e. The molecule has 0 bridgehead atoms. The lowest BCUT2D eigenvalue weighted by molar-refractivity contribution is -0.137. The minimum absolute atomic E-state index is 0.337. The van der Waals surface area contributed by atoms with Crippen LogP contribution in [0.2, 0.25) is 0 Å². The molecule has 22 heavy (non-hydrogen) atoms. The Balaban J connectivity index is 0. The summed E-state index contributed by atoms with van der Waals surface area (Å²) in [6, 6.07) is 0. The fourth-order valence-electron chi connectivity index (χ4n) is 1.93. The van der Waals surface area contributed by atoms with Gasteiger partial charge in [-0.05, 0) is 19.3 Å². The lowest BCUT2D eigenvalue weighted by atomic mass is 10.1. The van der Waals surface area contributed by atoms with Crippen LogP contribution in [0.4, 0.5) is 0 Å². The standard InChI is InChI=1S/C10H18O2.C8H16O2/c1-2-3-4-5-6-7-8-9-10(11)12;1-2-3-4-5-6-7-8(9)10/h8-9H,2-7H2,1H3,(H,11,12);2-7H2,1H3,(H,9,10). The average molecular weight is 314 g/mol. The number of carboxylic acids is 2. The van der Waals surface area contributed by atoms with Crippen molar-refractivity contribution >= 4 is 11.9 Å². The summed E-state index contributed by atoms with van der Waals surface area (Å²) in [6.07, 6.45) is 15.9. The van der Waals surface area contributed by atoms with Crippen LogP contribution in [0.1, 0.15) is 90.9 Å². The molecular weight excluding hydrogens is 280 g/mol. The van der Waals surface area contributed by atoms with Gasteiger partial charge in [0.05, 0.1) is 0 Å². The van der Waals surface area contributed by atoms with E-state index in [0.717, 1.165) is 25.7 Å². The SMILES string of the molecule is CCCCCCCC(=O)O.CCCCCCCC=CC(=O)O. The number of hydrogen-bond acceptors (Lipinski definition) is 2. The van der Waals surface area contributed by atoms with E-state index in [4.69, 9.17) is 10.2 Å². The van der Waals surface area contributed by atoms with Gasteiger partial charge in [0.2, 0.25) is 0 Å². The fraction of sp³-hybridized carbons (Fsp3) is 0.778. The van der Waals surface area contributed by atoms with Crippen LogP contribution < -0.4 is 0 Å². The smallest absolute Gasteiger partial charge is 0.327 e. The highest BCUT2D eigenvalue weighted by Gasteiger charge is 1.94. The Kier molecular flexibility index (Phi) is 20.5. The number of carbonyl (C=O) groups is 2. The van der Waals surface area contributed by atoms with Gasteiger partial charge in [0, 0.05) is 12.5 Å². The summed E-state index contributed by atoms with van der Waals surface area (Å²) < 4.78 is 0. The monoisotopic (exact) mass is 314 g/mol. The fourth-order valence-corrected chi connectivity index (χ4v) is 1.93. The second kappa shape index (κ2) is 19.7. The third kappa shape index (κ3) is 27.1. The molecule has 0 saturated heterocycles. The van der Waals surface area contributed by atoms with Gasteiger partial charge >= 0.3 is 11.9 Å². The molecule has 0 rings (SSSR count). The molecule has 0 aliphatic rings. The Labute approximate surface area is 135 Å². The Hall–Kier alpha value is -1.32. The summed E-state index contributed by atoms with van der Waals surface area (Å²) in [4.78, 5) is 20.1. The quantitative estimate of drug-likeness (QED) is 0.351. The molecule has 0 fully saturated rings. The third-order valence-electron chi connectivity index (χ3n) is 3.23. The van der Waals surface area contributed by atoms with Crippen LogP contribution in [0.25, 0.3) is 0 Å². The summed E-state index contributed by atoms with van der Waals surface area (Å²) >= 11 is 0. The molecular formula is C18H34O4. The van der Waals surface area contributed by atoms with E-state index in [1.54, 1.807) is 6.08 Å². The van der Waals surface area contributed by atoms with Crippen LogP contribution in [0.3, 0.4) is 0 Å². The van der Waals surface area contributed by atoms with Gasteiger partial charge in [-0.1, -0.05) is 71.3 Å². The van der Waals surface area contributed by atoms with E-state index in [2.05, 4.69) is 13.8 Å². The second-order valence-electron chi connectivity index (χ2n) is 5.50. The van der Waals surface area contributed by atoms with E-state index in [-0.39, 0.29) is 0 Å². The molecule has 4 nitrogen and oxygen atoms in total. The van der Waals surface area contributed by atoms with Crippen molar-refractivity contribution in [2.24, 2.45) is 0 Å². The second-order valence-corrected chi connectivity index (χ2v) is 5.50. The zero-order valence-corrected chi connectivity index (χ0v) is 14.4. The highest BCUT2D eigenvalue weighted by atomic mass is 16.4. The Morgan fingerprint density at radius 3 is 1.73 bits per heavy atom.